The largest absolute Gasteiger partial charge is 0.386 e. The van der Waals surface area contributed by atoms with Gasteiger partial charge < -0.3 is 25.8 Å². The van der Waals surface area contributed by atoms with E-state index in [-0.39, 0.29) is 28.8 Å². The molecule has 1 atom stereocenters. The van der Waals surface area contributed by atoms with Gasteiger partial charge in [-0.1, -0.05) is 18.2 Å². The summed E-state index contributed by atoms with van der Waals surface area (Å²) in [6.07, 6.45) is -0.0467. The molecule has 1 saturated heterocycles. The number of morpholine rings is 1. The number of amides is 2. The molecule has 0 spiro atoms. The summed E-state index contributed by atoms with van der Waals surface area (Å²) in [6, 6.07) is 11.0. The number of hydrogen-bond acceptors (Lipinski definition) is 7. The second kappa shape index (κ2) is 9.73. The maximum atomic E-state index is 14.9. The Morgan fingerprint density at radius 2 is 2.06 bits per heavy atom. The Kier molecular flexibility index (Phi) is 6.88. The Bertz CT molecular complexity index is 1270. The van der Waals surface area contributed by atoms with Gasteiger partial charge in [-0.3, -0.25) is 9.59 Å². The number of anilines is 2. The molecule has 3 heterocycles. The molecule has 0 saturated carbocycles. The molecule has 4 rings (SSSR count). The first-order valence-corrected chi connectivity index (χ1v) is 12.0. The fourth-order valence-corrected chi connectivity index (χ4v) is 4.90. The maximum absolute atomic E-state index is 14.9. The Morgan fingerprint density at radius 3 is 2.71 bits per heavy atom. The zero-order valence-corrected chi connectivity index (χ0v) is 20.5. The van der Waals surface area contributed by atoms with Crippen LogP contribution in [-0.4, -0.2) is 52.6 Å². The van der Waals surface area contributed by atoms with E-state index in [1.165, 1.54) is 12.1 Å². The third-order valence-electron chi connectivity index (χ3n) is 5.68. The van der Waals surface area contributed by atoms with Crippen molar-refractivity contribution in [3.63, 3.8) is 0 Å². The molecule has 10 heteroatoms. The summed E-state index contributed by atoms with van der Waals surface area (Å²) in [6.45, 7) is 6.50. The van der Waals surface area contributed by atoms with Crippen LogP contribution in [0.2, 0.25) is 0 Å². The average Bonchev–Trinajstić information content (AvgIpc) is 3.22. The first-order chi connectivity index (χ1) is 16.5. The summed E-state index contributed by atoms with van der Waals surface area (Å²) in [4.78, 5) is 31.6. The second-order valence-electron chi connectivity index (χ2n) is 8.94. The Morgan fingerprint density at radius 1 is 1.29 bits per heavy atom. The lowest BCUT2D eigenvalue weighted by Crippen LogP contribution is -2.44. The minimum absolute atomic E-state index is 0.0467. The number of halogens is 1. The van der Waals surface area contributed by atoms with Gasteiger partial charge in [0.1, 0.15) is 22.3 Å². The summed E-state index contributed by atoms with van der Waals surface area (Å²) in [5, 5.41) is 13.6. The lowest BCUT2D eigenvalue weighted by Gasteiger charge is -2.30. The highest BCUT2D eigenvalue weighted by Gasteiger charge is 2.24. The first-order valence-electron chi connectivity index (χ1n) is 11.1. The predicted molar refractivity (Wildman–Crippen MR) is 132 cm³/mol. The van der Waals surface area contributed by atoms with Crippen LogP contribution in [-0.2, 0) is 10.3 Å². The van der Waals surface area contributed by atoms with Gasteiger partial charge in [-0.2, -0.15) is 0 Å². The van der Waals surface area contributed by atoms with Crippen LogP contribution in [0.25, 0.3) is 10.4 Å². The third-order valence-corrected chi connectivity index (χ3v) is 6.76. The van der Waals surface area contributed by atoms with E-state index in [9.17, 15) is 19.1 Å². The normalized spacial score (nSPS) is 16.3. The van der Waals surface area contributed by atoms with Gasteiger partial charge in [0, 0.05) is 23.5 Å². The van der Waals surface area contributed by atoms with Crippen molar-refractivity contribution in [1.82, 2.24) is 9.88 Å². The lowest BCUT2D eigenvalue weighted by molar-refractivity contribution is -0.0126. The summed E-state index contributed by atoms with van der Waals surface area (Å²) in [5.41, 5.74) is 5.53. The van der Waals surface area contributed by atoms with Crippen LogP contribution in [0.1, 0.15) is 47.2 Å². The van der Waals surface area contributed by atoms with Crippen molar-refractivity contribution >= 4 is 34.0 Å². The summed E-state index contributed by atoms with van der Waals surface area (Å²) >= 11 is 1.14. The number of thiophene rings is 1. The highest BCUT2D eigenvalue weighted by atomic mass is 32.1. The molecule has 1 fully saturated rings. The zero-order valence-electron chi connectivity index (χ0n) is 19.7. The predicted octanol–water partition coefficient (Wildman–Crippen LogP) is 3.88. The maximum Gasteiger partial charge on any atom is 0.272 e. The minimum atomic E-state index is -1.19. The highest BCUT2D eigenvalue weighted by molar-refractivity contribution is 7.20. The van der Waals surface area contributed by atoms with Crippen molar-refractivity contribution in [2.45, 2.75) is 32.5 Å². The van der Waals surface area contributed by atoms with Crippen molar-refractivity contribution in [3.05, 3.63) is 65.1 Å². The third kappa shape index (κ3) is 5.50. The van der Waals surface area contributed by atoms with Gasteiger partial charge in [0.05, 0.1) is 23.9 Å². The number of nitrogens with two attached hydrogens (primary N) is 1. The molecular formula is C25H27FN4O4S. The SMILES string of the molecule is CC1CN(C(=O)c2cccc(Nc3sc(-c4ccc(C(C)(C)O)cc4F)cc3C(N)=O)n2)CCO1. The molecule has 8 nitrogen and oxygen atoms in total. The molecule has 4 N–H and O–H groups in total. The number of rotatable bonds is 6. The number of benzene rings is 1. The zero-order chi connectivity index (χ0) is 25.3. The van der Waals surface area contributed by atoms with Crippen LogP contribution >= 0.6 is 11.3 Å². The van der Waals surface area contributed by atoms with Crippen molar-refractivity contribution < 1.29 is 23.8 Å². The molecule has 1 aliphatic rings. The molecule has 0 bridgehead atoms. The second-order valence-corrected chi connectivity index (χ2v) is 9.99. The average molecular weight is 499 g/mol. The van der Waals surface area contributed by atoms with Crippen LogP contribution in [0.5, 0.6) is 0 Å². The van der Waals surface area contributed by atoms with E-state index in [4.69, 9.17) is 10.5 Å². The van der Waals surface area contributed by atoms with E-state index in [2.05, 4.69) is 10.3 Å². The number of aromatic nitrogens is 1. The topological polar surface area (TPSA) is 118 Å². The number of aliphatic hydroxyl groups is 1. The number of ether oxygens (including phenoxy) is 1. The van der Waals surface area contributed by atoms with Gasteiger partial charge >= 0.3 is 0 Å². The molecule has 0 radical (unpaired) electrons. The molecular weight excluding hydrogens is 471 g/mol. The molecule has 1 aromatic carbocycles. The highest BCUT2D eigenvalue weighted by Crippen LogP contribution is 2.38. The van der Waals surface area contributed by atoms with E-state index < -0.39 is 17.3 Å². The number of primary amides is 1. The van der Waals surface area contributed by atoms with Crippen LogP contribution in [0, 0.1) is 5.82 Å². The van der Waals surface area contributed by atoms with Crippen LogP contribution in [0.4, 0.5) is 15.2 Å². The molecule has 3 aromatic rings. The standard InChI is InChI=1S/C25H27FN4O4S/c1-14-13-30(9-10-34-14)24(32)19-5-4-6-21(28-19)29-23-17(22(27)31)12-20(35-23)16-8-7-15(11-18(16)26)25(2,3)33/h4-8,11-12,14,33H,9-10,13H2,1-3H3,(H2,27,31)(H,28,29). The van der Waals surface area contributed by atoms with Gasteiger partial charge in [-0.25, -0.2) is 9.37 Å². The molecule has 35 heavy (non-hydrogen) atoms. The Balaban J connectivity index is 1.61. The van der Waals surface area contributed by atoms with Gasteiger partial charge in [0.2, 0.25) is 0 Å². The van der Waals surface area contributed by atoms with Gasteiger partial charge in [-0.05, 0) is 50.6 Å². The Labute approximate surface area is 206 Å². The summed E-state index contributed by atoms with van der Waals surface area (Å²) in [7, 11) is 0. The fourth-order valence-electron chi connectivity index (χ4n) is 3.80. The van der Waals surface area contributed by atoms with E-state index in [0.717, 1.165) is 11.3 Å². The van der Waals surface area contributed by atoms with Gasteiger partial charge in [-0.15, -0.1) is 11.3 Å². The van der Waals surface area contributed by atoms with Crippen molar-refractivity contribution in [3.8, 4) is 10.4 Å². The van der Waals surface area contributed by atoms with Gasteiger partial charge in [0.15, 0.2) is 0 Å². The van der Waals surface area contributed by atoms with E-state index in [1.807, 2.05) is 6.92 Å². The molecule has 2 aromatic heterocycles. The van der Waals surface area contributed by atoms with E-state index in [0.29, 0.717) is 41.0 Å². The minimum Gasteiger partial charge on any atom is -0.386 e. The number of carbonyl (C=O) groups excluding carboxylic acids is 2. The Hall–Kier alpha value is -3.34. The molecule has 184 valence electrons. The first kappa shape index (κ1) is 24.8. The number of pyridine rings is 1. The monoisotopic (exact) mass is 498 g/mol. The van der Waals surface area contributed by atoms with Crippen LogP contribution in [0.15, 0.2) is 42.5 Å². The van der Waals surface area contributed by atoms with E-state index in [1.54, 1.807) is 49.1 Å². The van der Waals surface area contributed by atoms with Crippen molar-refractivity contribution in [1.29, 1.82) is 0 Å². The molecule has 1 aliphatic heterocycles. The summed E-state index contributed by atoms with van der Waals surface area (Å²) < 4.78 is 20.4. The lowest BCUT2D eigenvalue weighted by atomic mass is 9.96. The smallest absolute Gasteiger partial charge is 0.272 e. The molecule has 0 aliphatic carbocycles. The van der Waals surface area contributed by atoms with Gasteiger partial charge in [0.25, 0.3) is 11.8 Å². The summed E-state index contributed by atoms with van der Waals surface area (Å²) in [5.74, 6) is -1.07. The quantitative estimate of drug-likeness (QED) is 0.475. The van der Waals surface area contributed by atoms with Crippen molar-refractivity contribution in [2.24, 2.45) is 5.73 Å². The number of carbonyl (C=O) groups is 2. The van der Waals surface area contributed by atoms with Crippen LogP contribution in [0.3, 0.4) is 0 Å². The fraction of sp³-hybridized carbons (Fsp3) is 0.320. The molecule has 1 unspecified atom stereocenters. The van der Waals surface area contributed by atoms with E-state index >= 15 is 0 Å². The van der Waals surface area contributed by atoms with Crippen LogP contribution < -0.4 is 11.1 Å². The van der Waals surface area contributed by atoms with Crippen molar-refractivity contribution in [2.75, 3.05) is 25.0 Å². The number of nitrogens with one attached hydrogen (secondary N) is 1. The molecule has 2 amide bonds. The number of nitrogens with zero attached hydrogens (tertiary/aromatic N) is 2. The number of hydrogen-bond donors (Lipinski definition) is 3.